The molecule has 1 heterocycles. The number of carbonyl (C=O) groups excluding carboxylic acids is 2. The van der Waals surface area contributed by atoms with Crippen LogP contribution >= 0.6 is 0 Å². The lowest BCUT2D eigenvalue weighted by Gasteiger charge is -2.09. The van der Waals surface area contributed by atoms with Gasteiger partial charge in [0, 0.05) is 18.0 Å². The highest BCUT2D eigenvalue weighted by Gasteiger charge is 2.13. The van der Waals surface area contributed by atoms with Crippen LogP contribution in [-0.4, -0.2) is 16.8 Å². The number of benzene rings is 2. The molecule has 0 bridgehead atoms. The molecule has 0 fully saturated rings. The molecule has 2 amide bonds. The maximum atomic E-state index is 13.6. The number of nitrogens with one attached hydrogen (secondary N) is 2. The minimum atomic E-state index is -0.749. The van der Waals surface area contributed by atoms with Crippen LogP contribution in [0.4, 0.5) is 4.39 Å². The van der Waals surface area contributed by atoms with Crippen molar-refractivity contribution in [2.45, 2.75) is 0 Å². The van der Waals surface area contributed by atoms with E-state index < -0.39 is 17.6 Å². The smallest absolute Gasteiger partial charge is 0.272 e. The van der Waals surface area contributed by atoms with Crippen molar-refractivity contribution >= 4 is 11.8 Å². The van der Waals surface area contributed by atoms with E-state index in [0.717, 1.165) is 6.07 Å². The van der Waals surface area contributed by atoms with Crippen molar-refractivity contribution in [2.24, 2.45) is 0 Å². The Morgan fingerprint density at radius 2 is 1.58 bits per heavy atom. The van der Waals surface area contributed by atoms with E-state index in [0.29, 0.717) is 11.5 Å². The molecule has 3 rings (SSSR count). The second-order valence-electron chi connectivity index (χ2n) is 5.20. The fraction of sp³-hybridized carbons (Fsp3) is 0. The number of carbonyl (C=O) groups is 2. The molecule has 2 aromatic carbocycles. The number of amides is 2. The van der Waals surface area contributed by atoms with Crippen molar-refractivity contribution in [3.8, 4) is 11.5 Å². The molecule has 0 spiro atoms. The zero-order valence-electron chi connectivity index (χ0n) is 13.5. The van der Waals surface area contributed by atoms with E-state index in [1.165, 1.54) is 24.3 Å². The lowest BCUT2D eigenvalue weighted by molar-refractivity contribution is 0.0844. The first-order chi connectivity index (χ1) is 12.6. The highest BCUT2D eigenvalue weighted by Crippen LogP contribution is 2.21. The second kappa shape index (κ2) is 7.89. The summed E-state index contributed by atoms with van der Waals surface area (Å²) in [7, 11) is 0. The molecule has 7 heteroatoms. The average molecular weight is 351 g/mol. The van der Waals surface area contributed by atoms with Gasteiger partial charge < -0.3 is 4.74 Å². The summed E-state index contributed by atoms with van der Waals surface area (Å²) >= 11 is 0. The van der Waals surface area contributed by atoms with Gasteiger partial charge >= 0.3 is 0 Å². The van der Waals surface area contributed by atoms with E-state index in [1.54, 1.807) is 42.7 Å². The SMILES string of the molecule is O=C(NNC(=O)c1ccccc1F)c1cccc(Oc2ccncc2)c1. The van der Waals surface area contributed by atoms with E-state index in [9.17, 15) is 14.0 Å². The highest BCUT2D eigenvalue weighted by molar-refractivity contribution is 5.99. The first-order valence-corrected chi connectivity index (χ1v) is 7.66. The van der Waals surface area contributed by atoms with Crippen LogP contribution in [0.3, 0.4) is 0 Å². The molecule has 130 valence electrons. The maximum absolute atomic E-state index is 13.6. The van der Waals surface area contributed by atoms with Gasteiger partial charge in [0.2, 0.25) is 0 Å². The fourth-order valence-electron chi connectivity index (χ4n) is 2.14. The number of hydrogen-bond donors (Lipinski definition) is 2. The second-order valence-corrected chi connectivity index (χ2v) is 5.20. The van der Waals surface area contributed by atoms with Gasteiger partial charge in [-0.05, 0) is 42.5 Å². The summed E-state index contributed by atoms with van der Waals surface area (Å²) in [5.74, 6) is -0.961. The van der Waals surface area contributed by atoms with Gasteiger partial charge in [-0.1, -0.05) is 18.2 Å². The number of hydrogen-bond acceptors (Lipinski definition) is 4. The van der Waals surface area contributed by atoms with Crippen molar-refractivity contribution in [3.63, 3.8) is 0 Å². The molecule has 0 saturated carbocycles. The third-order valence-corrected chi connectivity index (χ3v) is 3.39. The Morgan fingerprint density at radius 3 is 2.35 bits per heavy atom. The first kappa shape index (κ1) is 17.1. The van der Waals surface area contributed by atoms with E-state index >= 15 is 0 Å². The van der Waals surface area contributed by atoms with Crippen LogP contribution < -0.4 is 15.6 Å². The normalized spacial score (nSPS) is 10.0. The Morgan fingerprint density at radius 1 is 0.846 bits per heavy atom. The van der Waals surface area contributed by atoms with Crippen LogP contribution in [0.2, 0.25) is 0 Å². The highest BCUT2D eigenvalue weighted by atomic mass is 19.1. The number of ether oxygens (including phenoxy) is 1. The van der Waals surface area contributed by atoms with E-state index in [-0.39, 0.29) is 11.1 Å². The number of aromatic nitrogens is 1. The van der Waals surface area contributed by atoms with Crippen molar-refractivity contribution in [1.29, 1.82) is 0 Å². The topological polar surface area (TPSA) is 80.3 Å². The molecule has 0 aliphatic carbocycles. The summed E-state index contributed by atoms with van der Waals surface area (Å²) in [5, 5.41) is 0. The molecule has 1 aromatic heterocycles. The standard InChI is InChI=1S/C19H14FN3O3/c20-17-7-2-1-6-16(17)19(25)23-22-18(24)13-4-3-5-15(12-13)26-14-8-10-21-11-9-14/h1-12H,(H,22,24)(H,23,25). The Balaban J connectivity index is 1.64. The summed E-state index contributed by atoms with van der Waals surface area (Å²) in [6, 6.07) is 15.3. The van der Waals surface area contributed by atoms with Gasteiger partial charge in [0.1, 0.15) is 17.3 Å². The van der Waals surface area contributed by atoms with Gasteiger partial charge in [-0.15, -0.1) is 0 Å². The van der Waals surface area contributed by atoms with Crippen LogP contribution in [0.15, 0.2) is 73.1 Å². The maximum Gasteiger partial charge on any atom is 0.272 e. The van der Waals surface area contributed by atoms with Gasteiger partial charge in [-0.3, -0.25) is 25.4 Å². The zero-order chi connectivity index (χ0) is 18.4. The minimum Gasteiger partial charge on any atom is -0.457 e. The Kier molecular flexibility index (Phi) is 5.19. The Bertz CT molecular complexity index is 932. The Labute approximate surface area is 148 Å². The molecule has 2 N–H and O–H groups in total. The largest absolute Gasteiger partial charge is 0.457 e. The minimum absolute atomic E-state index is 0.164. The van der Waals surface area contributed by atoms with E-state index in [1.807, 2.05) is 0 Å². The van der Waals surface area contributed by atoms with Gasteiger partial charge in [0.15, 0.2) is 0 Å². The van der Waals surface area contributed by atoms with Gasteiger partial charge in [-0.25, -0.2) is 4.39 Å². The van der Waals surface area contributed by atoms with Crippen LogP contribution in [0.5, 0.6) is 11.5 Å². The van der Waals surface area contributed by atoms with Crippen molar-refractivity contribution < 1.29 is 18.7 Å². The molecule has 0 aliphatic heterocycles. The van der Waals surface area contributed by atoms with Gasteiger partial charge in [0.05, 0.1) is 5.56 Å². The number of hydrazine groups is 1. The van der Waals surface area contributed by atoms with E-state index in [2.05, 4.69) is 15.8 Å². The lowest BCUT2D eigenvalue weighted by Crippen LogP contribution is -2.41. The molecule has 26 heavy (non-hydrogen) atoms. The van der Waals surface area contributed by atoms with Crippen molar-refractivity contribution in [1.82, 2.24) is 15.8 Å². The lowest BCUT2D eigenvalue weighted by atomic mass is 10.2. The van der Waals surface area contributed by atoms with Crippen LogP contribution in [0.1, 0.15) is 20.7 Å². The third kappa shape index (κ3) is 4.21. The molecule has 0 atom stereocenters. The molecule has 0 saturated heterocycles. The van der Waals surface area contributed by atoms with Gasteiger partial charge in [0.25, 0.3) is 11.8 Å². The van der Waals surface area contributed by atoms with Crippen LogP contribution in [0.25, 0.3) is 0 Å². The van der Waals surface area contributed by atoms with E-state index in [4.69, 9.17) is 4.74 Å². The molecule has 3 aromatic rings. The third-order valence-electron chi connectivity index (χ3n) is 3.39. The van der Waals surface area contributed by atoms with Crippen LogP contribution in [-0.2, 0) is 0 Å². The molecular formula is C19H14FN3O3. The fourth-order valence-corrected chi connectivity index (χ4v) is 2.14. The number of rotatable bonds is 4. The zero-order valence-corrected chi connectivity index (χ0v) is 13.5. The molecule has 0 aliphatic rings. The van der Waals surface area contributed by atoms with Crippen molar-refractivity contribution in [3.05, 3.63) is 90.0 Å². The Hall–Kier alpha value is -3.74. The summed E-state index contributed by atoms with van der Waals surface area (Å²) in [6.45, 7) is 0. The summed E-state index contributed by atoms with van der Waals surface area (Å²) in [5.41, 5.74) is 4.53. The predicted molar refractivity (Wildman–Crippen MR) is 92.1 cm³/mol. The number of halogens is 1. The molecule has 6 nitrogen and oxygen atoms in total. The molecule has 0 radical (unpaired) electrons. The number of pyridine rings is 1. The number of nitrogens with zero attached hydrogens (tertiary/aromatic N) is 1. The monoisotopic (exact) mass is 351 g/mol. The predicted octanol–water partition coefficient (Wildman–Crippen LogP) is 3.09. The molecule has 0 unspecified atom stereocenters. The summed E-state index contributed by atoms with van der Waals surface area (Å²) in [4.78, 5) is 28.0. The summed E-state index contributed by atoms with van der Waals surface area (Å²) < 4.78 is 19.2. The van der Waals surface area contributed by atoms with Crippen molar-refractivity contribution in [2.75, 3.05) is 0 Å². The summed E-state index contributed by atoms with van der Waals surface area (Å²) in [6.07, 6.45) is 3.17. The van der Waals surface area contributed by atoms with Gasteiger partial charge in [-0.2, -0.15) is 0 Å². The average Bonchev–Trinajstić information content (AvgIpc) is 2.67. The quantitative estimate of drug-likeness (QED) is 0.708. The van der Waals surface area contributed by atoms with Crippen LogP contribution in [0, 0.1) is 5.82 Å². The first-order valence-electron chi connectivity index (χ1n) is 7.66. The molecular weight excluding hydrogens is 337 g/mol.